The molecule has 0 saturated heterocycles. The Kier molecular flexibility index (Phi) is 5.77. The molecule has 25 heavy (non-hydrogen) atoms. The number of rotatable bonds is 6. The maximum atomic E-state index is 11.8. The third kappa shape index (κ3) is 5.13. The van der Waals surface area contributed by atoms with Gasteiger partial charge in [0.2, 0.25) is 0 Å². The molecule has 2 aromatic carbocycles. The normalized spacial score (nSPS) is 10.4. The van der Waals surface area contributed by atoms with Crippen molar-refractivity contribution < 1.29 is 19.6 Å². The highest BCUT2D eigenvalue weighted by molar-refractivity contribution is 5.96. The summed E-state index contributed by atoms with van der Waals surface area (Å²) in [5.74, 6) is -1.42. The molecule has 0 aliphatic carbocycles. The van der Waals surface area contributed by atoms with E-state index in [2.05, 4.69) is 15.8 Å². The van der Waals surface area contributed by atoms with Crippen LogP contribution in [-0.2, 0) is 4.79 Å². The summed E-state index contributed by atoms with van der Waals surface area (Å²) in [6.45, 7) is -0.277. The molecular weight excluding hydrogens is 328 g/mol. The lowest BCUT2D eigenvalue weighted by atomic mass is 10.2. The van der Waals surface area contributed by atoms with Gasteiger partial charge in [-0.1, -0.05) is 18.2 Å². The minimum absolute atomic E-state index is 0.277. The van der Waals surface area contributed by atoms with Crippen molar-refractivity contribution in [1.29, 1.82) is 0 Å². The lowest BCUT2D eigenvalue weighted by Crippen LogP contribution is -2.34. The van der Waals surface area contributed by atoms with E-state index in [9.17, 15) is 24.8 Å². The fourth-order valence-corrected chi connectivity index (χ4v) is 1.84. The number of hydrogen-bond donors (Lipinski definition) is 3. The predicted octanol–water partition coefficient (Wildman–Crippen LogP) is 1.18. The first kappa shape index (κ1) is 17.6. The third-order valence-electron chi connectivity index (χ3n) is 3.04. The topological polar surface area (TPSA) is 134 Å². The van der Waals surface area contributed by atoms with Gasteiger partial charge in [-0.15, -0.1) is 0 Å². The quantitative estimate of drug-likeness (QED) is 0.412. The highest BCUT2D eigenvalue weighted by Gasteiger charge is 2.12. The number of benzene rings is 2. The van der Waals surface area contributed by atoms with Gasteiger partial charge in [-0.2, -0.15) is 5.10 Å². The van der Waals surface area contributed by atoms with Gasteiger partial charge in [0, 0.05) is 17.2 Å². The van der Waals surface area contributed by atoms with Crippen LogP contribution in [0.25, 0.3) is 0 Å². The lowest BCUT2D eigenvalue weighted by Gasteiger charge is -2.04. The number of amides is 2. The van der Waals surface area contributed by atoms with Gasteiger partial charge < -0.3 is 10.4 Å². The summed E-state index contributed by atoms with van der Waals surface area (Å²) in [5, 5.41) is 26.1. The highest BCUT2D eigenvalue weighted by atomic mass is 16.6. The van der Waals surface area contributed by atoms with Gasteiger partial charge in [-0.05, 0) is 24.3 Å². The van der Waals surface area contributed by atoms with Crippen LogP contribution < -0.4 is 10.7 Å². The van der Waals surface area contributed by atoms with Gasteiger partial charge in [0.25, 0.3) is 11.8 Å². The maximum absolute atomic E-state index is 11.8. The Bertz CT molecular complexity index is 821. The van der Waals surface area contributed by atoms with Crippen molar-refractivity contribution in [2.24, 2.45) is 5.10 Å². The number of hydrazone groups is 1. The number of phenols is 1. The number of aromatic hydroxyl groups is 1. The second kappa shape index (κ2) is 8.20. The first-order valence-corrected chi connectivity index (χ1v) is 7.10. The summed E-state index contributed by atoms with van der Waals surface area (Å²) in [4.78, 5) is 33.4. The van der Waals surface area contributed by atoms with E-state index in [1.165, 1.54) is 12.3 Å². The maximum Gasteiger partial charge on any atom is 0.311 e. The molecule has 0 aliphatic rings. The summed E-state index contributed by atoms with van der Waals surface area (Å²) in [6, 6.07) is 12.1. The average molecular weight is 342 g/mol. The second-order valence-corrected chi connectivity index (χ2v) is 4.85. The van der Waals surface area contributed by atoms with E-state index in [0.29, 0.717) is 11.1 Å². The largest absolute Gasteiger partial charge is 0.502 e. The van der Waals surface area contributed by atoms with E-state index < -0.39 is 28.2 Å². The van der Waals surface area contributed by atoms with Gasteiger partial charge in [-0.3, -0.25) is 19.7 Å². The predicted molar refractivity (Wildman–Crippen MR) is 89.3 cm³/mol. The molecular formula is C16H14N4O5. The fraction of sp³-hybridized carbons (Fsp3) is 0.0625. The lowest BCUT2D eigenvalue weighted by molar-refractivity contribution is -0.385. The Morgan fingerprint density at radius 2 is 1.92 bits per heavy atom. The SMILES string of the molecule is O=C(CNC(=O)c1ccccc1)N/N=C/c1ccc(O)c([N+](=O)[O-])c1. The molecule has 9 nitrogen and oxygen atoms in total. The zero-order chi connectivity index (χ0) is 18.2. The molecule has 128 valence electrons. The average Bonchev–Trinajstić information content (AvgIpc) is 2.61. The molecule has 0 spiro atoms. The molecule has 0 bridgehead atoms. The zero-order valence-corrected chi connectivity index (χ0v) is 12.9. The van der Waals surface area contributed by atoms with Crippen molar-refractivity contribution in [2.75, 3.05) is 6.54 Å². The van der Waals surface area contributed by atoms with Gasteiger partial charge in [0.1, 0.15) is 0 Å². The number of nitro groups is 1. The van der Waals surface area contributed by atoms with Gasteiger partial charge >= 0.3 is 5.69 Å². The molecule has 0 saturated carbocycles. The molecule has 0 aliphatic heterocycles. The molecule has 0 radical (unpaired) electrons. The number of nitrogens with one attached hydrogen (secondary N) is 2. The van der Waals surface area contributed by atoms with Gasteiger partial charge in [-0.25, -0.2) is 5.43 Å². The smallest absolute Gasteiger partial charge is 0.311 e. The molecule has 2 rings (SSSR count). The Balaban J connectivity index is 1.85. The van der Waals surface area contributed by atoms with Crippen LogP contribution in [-0.4, -0.2) is 34.6 Å². The molecule has 0 aromatic heterocycles. The molecule has 0 fully saturated rings. The van der Waals surface area contributed by atoms with Crippen molar-refractivity contribution in [2.45, 2.75) is 0 Å². The Morgan fingerprint density at radius 3 is 2.60 bits per heavy atom. The van der Waals surface area contributed by atoms with Crippen LogP contribution in [0.3, 0.4) is 0 Å². The Hall–Kier alpha value is -3.75. The molecule has 0 heterocycles. The van der Waals surface area contributed by atoms with Crippen LogP contribution in [0.4, 0.5) is 5.69 Å². The summed E-state index contributed by atoms with van der Waals surface area (Å²) in [5.41, 5.74) is 2.46. The fourth-order valence-electron chi connectivity index (χ4n) is 1.84. The minimum atomic E-state index is -0.732. The zero-order valence-electron chi connectivity index (χ0n) is 12.9. The standard InChI is InChI=1S/C16H14N4O5/c21-14-7-6-11(8-13(14)20(24)25)9-18-19-15(22)10-17-16(23)12-4-2-1-3-5-12/h1-9,21H,10H2,(H,17,23)(H,19,22)/b18-9+. The van der Waals surface area contributed by atoms with Crippen LogP contribution >= 0.6 is 0 Å². The summed E-state index contributed by atoms with van der Waals surface area (Å²) in [6.07, 6.45) is 1.18. The van der Waals surface area contributed by atoms with Crippen LogP contribution in [0.1, 0.15) is 15.9 Å². The number of phenolic OH excluding ortho intramolecular Hbond substituents is 1. The van der Waals surface area contributed by atoms with Crippen LogP contribution in [0.15, 0.2) is 53.6 Å². The van der Waals surface area contributed by atoms with Crippen molar-refractivity contribution in [3.8, 4) is 5.75 Å². The van der Waals surface area contributed by atoms with Crippen LogP contribution in [0, 0.1) is 10.1 Å². The van der Waals surface area contributed by atoms with E-state index in [0.717, 1.165) is 12.1 Å². The van der Waals surface area contributed by atoms with E-state index in [4.69, 9.17) is 0 Å². The number of nitro benzene ring substituents is 1. The van der Waals surface area contributed by atoms with Crippen molar-refractivity contribution >= 4 is 23.7 Å². The summed E-state index contributed by atoms with van der Waals surface area (Å²) in [7, 11) is 0. The first-order chi connectivity index (χ1) is 12.0. The second-order valence-electron chi connectivity index (χ2n) is 4.85. The molecule has 3 N–H and O–H groups in total. The molecule has 2 amide bonds. The van der Waals surface area contributed by atoms with E-state index in [1.54, 1.807) is 30.3 Å². The summed E-state index contributed by atoms with van der Waals surface area (Å²) >= 11 is 0. The minimum Gasteiger partial charge on any atom is -0.502 e. The molecule has 9 heteroatoms. The third-order valence-corrected chi connectivity index (χ3v) is 3.04. The number of nitrogens with zero attached hydrogens (tertiary/aromatic N) is 2. The van der Waals surface area contributed by atoms with Gasteiger partial charge in [0.15, 0.2) is 5.75 Å². The summed E-state index contributed by atoms with van der Waals surface area (Å²) < 4.78 is 0. The van der Waals surface area contributed by atoms with E-state index in [-0.39, 0.29) is 6.54 Å². The van der Waals surface area contributed by atoms with E-state index >= 15 is 0 Å². The highest BCUT2D eigenvalue weighted by Crippen LogP contribution is 2.25. The first-order valence-electron chi connectivity index (χ1n) is 7.10. The molecule has 0 unspecified atom stereocenters. The van der Waals surface area contributed by atoms with Crippen LogP contribution in [0.2, 0.25) is 0 Å². The van der Waals surface area contributed by atoms with E-state index in [1.807, 2.05) is 0 Å². The Labute approximate surface area is 142 Å². The molecule has 2 aromatic rings. The van der Waals surface area contributed by atoms with Crippen molar-refractivity contribution in [1.82, 2.24) is 10.7 Å². The number of carbonyl (C=O) groups is 2. The van der Waals surface area contributed by atoms with Crippen molar-refractivity contribution in [3.05, 3.63) is 69.8 Å². The molecule has 0 atom stereocenters. The number of carbonyl (C=O) groups excluding carboxylic acids is 2. The monoisotopic (exact) mass is 342 g/mol. The van der Waals surface area contributed by atoms with Gasteiger partial charge in [0.05, 0.1) is 17.7 Å². The number of hydrogen-bond acceptors (Lipinski definition) is 6. The van der Waals surface area contributed by atoms with Crippen LogP contribution in [0.5, 0.6) is 5.75 Å². The Morgan fingerprint density at radius 1 is 1.20 bits per heavy atom. The van der Waals surface area contributed by atoms with Crippen molar-refractivity contribution in [3.63, 3.8) is 0 Å².